The number of rotatable bonds is 4. The summed E-state index contributed by atoms with van der Waals surface area (Å²) in [7, 11) is 3.54. The van der Waals surface area contributed by atoms with E-state index in [1.54, 1.807) is 7.11 Å². The van der Waals surface area contributed by atoms with Gasteiger partial charge in [0.15, 0.2) is 0 Å². The quantitative estimate of drug-likeness (QED) is 0.810. The predicted octanol–water partition coefficient (Wildman–Crippen LogP) is 1.40. The van der Waals surface area contributed by atoms with Crippen LogP contribution in [0.1, 0.15) is 39.0 Å². The fourth-order valence-electron chi connectivity index (χ4n) is 2.23. The Hall–Kier alpha value is -0.610. The summed E-state index contributed by atoms with van der Waals surface area (Å²) in [5, 5.41) is 3.37. The Labute approximate surface area is 105 Å². The molecule has 1 amide bonds. The van der Waals surface area contributed by atoms with Crippen LogP contribution in [0.25, 0.3) is 0 Å². The van der Waals surface area contributed by atoms with Gasteiger partial charge in [-0.05, 0) is 26.3 Å². The Morgan fingerprint density at radius 3 is 2.82 bits per heavy atom. The monoisotopic (exact) mass is 242 g/mol. The highest BCUT2D eigenvalue weighted by Crippen LogP contribution is 2.12. The fraction of sp³-hybridized carbons (Fsp3) is 0.923. The first-order valence-corrected chi connectivity index (χ1v) is 6.65. The highest BCUT2D eigenvalue weighted by Gasteiger charge is 2.24. The van der Waals surface area contributed by atoms with Crippen molar-refractivity contribution < 1.29 is 9.53 Å². The van der Waals surface area contributed by atoms with Gasteiger partial charge in [-0.15, -0.1) is 0 Å². The van der Waals surface area contributed by atoms with Crippen LogP contribution in [-0.2, 0) is 9.53 Å². The summed E-state index contributed by atoms with van der Waals surface area (Å²) >= 11 is 0. The molecule has 1 saturated heterocycles. The van der Waals surface area contributed by atoms with Gasteiger partial charge in [0.05, 0.1) is 18.7 Å². The van der Waals surface area contributed by atoms with E-state index >= 15 is 0 Å². The Morgan fingerprint density at radius 1 is 1.41 bits per heavy atom. The minimum atomic E-state index is -0.000365. The van der Waals surface area contributed by atoms with E-state index in [2.05, 4.69) is 5.32 Å². The summed E-state index contributed by atoms with van der Waals surface area (Å²) in [4.78, 5) is 14.1. The molecule has 2 atom stereocenters. The van der Waals surface area contributed by atoms with Crippen LogP contribution in [-0.4, -0.2) is 50.2 Å². The van der Waals surface area contributed by atoms with E-state index in [-0.39, 0.29) is 18.0 Å². The van der Waals surface area contributed by atoms with Gasteiger partial charge in [-0.25, -0.2) is 0 Å². The Morgan fingerprint density at radius 2 is 2.12 bits per heavy atom. The molecule has 0 aromatic carbocycles. The largest absolute Gasteiger partial charge is 0.383 e. The number of ether oxygens (including phenoxy) is 1. The number of methoxy groups -OCH3 is 1. The van der Waals surface area contributed by atoms with Gasteiger partial charge in [-0.1, -0.05) is 19.3 Å². The number of hydrogen-bond acceptors (Lipinski definition) is 3. The van der Waals surface area contributed by atoms with Crippen LogP contribution in [0.4, 0.5) is 0 Å². The van der Waals surface area contributed by atoms with Crippen molar-refractivity contribution in [3.63, 3.8) is 0 Å². The van der Waals surface area contributed by atoms with Crippen molar-refractivity contribution in [2.75, 3.05) is 27.3 Å². The molecule has 4 heteroatoms. The minimum Gasteiger partial charge on any atom is -0.383 e. The third-order valence-electron chi connectivity index (χ3n) is 3.53. The lowest BCUT2D eigenvalue weighted by Gasteiger charge is -2.30. The second-order valence-corrected chi connectivity index (χ2v) is 4.96. The van der Waals surface area contributed by atoms with Crippen molar-refractivity contribution in [1.29, 1.82) is 0 Å². The van der Waals surface area contributed by atoms with Gasteiger partial charge < -0.3 is 15.0 Å². The Balaban J connectivity index is 2.47. The van der Waals surface area contributed by atoms with E-state index < -0.39 is 0 Å². The van der Waals surface area contributed by atoms with Gasteiger partial charge in [0.1, 0.15) is 0 Å². The number of likely N-dealkylation sites (N-methyl/N-ethyl adjacent to an activating group) is 1. The SMILES string of the molecule is COCC(C)N(C)C(=O)C1CCCCCCN1. The molecule has 0 saturated carbocycles. The first-order chi connectivity index (χ1) is 8.16. The molecular formula is C13H26N2O2. The first-order valence-electron chi connectivity index (χ1n) is 6.65. The van der Waals surface area contributed by atoms with Gasteiger partial charge in [0.25, 0.3) is 0 Å². The molecule has 2 unspecified atom stereocenters. The molecule has 0 aromatic heterocycles. The third kappa shape index (κ3) is 4.64. The van der Waals surface area contributed by atoms with Crippen molar-refractivity contribution in [2.24, 2.45) is 0 Å². The van der Waals surface area contributed by atoms with E-state index in [4.69, 9.17) is 4.74 Å². The Bertz CT molecular complexity index is 225. The molecular weight excluding hydrogens is 216 g/mol. The van der Waals surface area contributed by atoms with Crippen LogP contribution >= 0.6 is 0 Å². The summed E-state index contributed by atoms with van der Waals surface area (Å²) in [6.45, 7) is 3.57. The predicted molar refractivity (Wildman–Crippen MR) is 69.0 cm³/mol. The van der Waals surface area contributed by atoms with Crippen LogP contribution in [0.15, 0.2) is 0 Å². The van der Waals surface area contributed by atoms with Gasteiger partial charge in [0.2, 0.25) is 5.91 Å². The molecule has 0 spiro atoms. The van der Waals surface area contributed by atoms with Crippen molar-refractivity contribution in [1.82, 2.24) is 10.2 Å². The summed E-state index contributed by atoms with van der Waals surface area (Å²) in [5.41, 5.74) is 0. The van der Waals surface area contributed by atoms with Crippen LogP contribution in [0.5, 0.6) is 0 Å². The van der Waals surface area contributed by atoms with Crippen LogP contribution in [0.3, 0.4) is 0 Å². The van der Waals surface area contributed by atoms with E-state index in [0.717, 1.165) is 19.4 Å². The lowest BCUT2D eigenvalue weighted by atomic mass is 10.0. The molecule has 4 nitrogen and oxygen atoms in total. The Kier molecular flexibility index (Phi) is 6.52. The standard InChI is InChI=1S/C13H26N2O2/c1-11(10-17-3)15(2)13(16)12-8-6-4-5-7-9-14-12/h11-12,14H,4-10H2,1-3H3. The first kappa shape index (κ1) is 14.5. The number of carbonyl (C=O) groups is 1. The van der Waals surface area contributed by atoms with Crippen LogP contribution in [0.2, 0.25) is 0 Å². The molecule has 100 valence electrons. The number of nitrogens with zero attached hydrogens (tertiary/aromatic N) is 1. The van der Waals surface area contributed by atoms with E-state index in [0.29, 0.717) is 6.61 Å². The maximum Gasteiger partial charge on any atom is 0.239 e. The zero-order valence-electron chi connectivity index (χ0n) is 11.4. The lowest BCUT2D eigenvalue weighted by molar-refractivity contribution is -0.135. The van der Waals surface area contributed by atoms with Gasteiger partial charge in [-0.2, -0.15) is 0 Å². The third-order valence-corrected chi connectivity index (χ3v) is 3.53. The number of carbonyl (C=O) groups excluding carboxylic acids is 1. The molecule has 0 radical (unpaired) electrons. The summed E-state index contributed by atoms with van der Waals surface area (Å²) in [6, 6.07) is 0.138. The molecule has 17 heavy (non-hydrogen) atoms. The maximum atomic E-state index is 12.3. The average Bonchev–Trinajstić information content (AvgIpc) is 2.27. The van der Waals surface area contributed by atoms with E-state index in [1.807, 2.05) is 18.9 Å². The van der Waals surface area contributed by atoms with Crippen molar-refractivity contribution in [3.05, 3.63) is 0 Å². The topological polar surface area (TPSA) is 41.6 Å². The van der Waals surface area contributed by atoms with Crippen molar-refractivity contribution >= 4 is 5.91 Å². The van der Waals surface area contributed by atoms with Crippen LogP contribution in [0, 0.1) is 0 Å². The second-order valence-electron chi connectivity index (χ2n) is 4.96. The normalized spacial score (nSPS) is 23.6. The van der Waals surface area contributed by atoms with Gasteiger partial charge in [-0.3, -0.25) is 4.79 Å². The summed E-state index contributed by atoms with van der Waals surface area (Å²) in [6.07, 6.45) is 5.83. The number of nitrogens with one attached hydrogen (secondary N) is 1. The molecule has 0 bridgehead atoms. The minimum absolute atomic E-state index is 0.000365. The van der Waals surface area contributed by atoms with E-state index in [1.165, 1.54) is 19.3 Å². The van der Waals surface area contributed by atoms with Crippen molar-refractivity contribution in [2.45, 2.75) is 51.1 Å². The average molecular weight is 242 g/mol. The van der Waals surface area contributed by atoms with E-state index in [9.17, 15) is 4.79 Å². The van der Waals surface area contributed by atoms with Gasteiger partial charge in [0, 0.05) is 14.2 Å². The van der Waals surface area contributed by atoms with Crippen LogP contribution < -0.4 is 5.32 Å². The molecule has 0 aromatic rings. The zero-order chi connectivity index (χ0) is 12.7. The smallest absolute Gasteiger partial charge is 0.239 e. The molecule has 1 rings (SSSR count). The molecule has 1 fully saturated rings. The highest BCUT2D eigenvalue weighted by molar-refractivity contribution is 5.81. The highest BCUT2D eigenvalue weighted by atomic mass is 16.5. The molecule has 1 heterocycles. The number of hydrogen-bond donors (Lipinski definition) is 1. The lowest BCUT2D eigenvalue weighted by Crippen LogP contribution is -2.49. The fourth-order valence-corrected chi connectivity index (χ4v) is 2.23. The second kappa shape index (κ2) is 7.67. The summed E-state index contributed by atoms with van der Waals surface area (Å²) in [5.74, 6) is 0.205. The molecule has 1 N–H and O–H groups in total. The zero-order valence-corrected chi connectivity index (χ0v) is 11.4. The molecule has 1 aliphatic heterocycles. The summed E-state index contributed by atoms with van der Waals surface area (Å²) < 4.78 is 5.09. The maximum absolute atomic E-state index is 12.3. The van der Waals surface area contributed by atoms with Crippen molar-refractivity contribution in [3.8, 4) is 0 Å². The number of amides is 1. The molecule has 0 aliphatic carbocycles. The molecule has 1 aliphatic rings. The van der Waals surface area contributed by atoms with Gasteiger partial charge >= 0.3 is 0 Å².